The van der Waals surface area contributed by atoms with Gasteiger partial charge in [0.15, 0.2) is 0 Å². The minimum absolute atomic E-state index is 0.0362. The summed E-state index contributed by atoms with van der Waals surface area (Å²) in [7, 11) is 0. The highest BCUT2D eigenvalue weighted by molar-refractivity contribution is 6.05. The molecule has 1 unspecified atom stereocenters. The number of ether oxygens (including phenoxy) is 1. The van der Waals surface area contributed by atoms with Gasteiger partial charge >= 0.3 is 0 Å². The minimum Gasteiger partial charge on any atom is -0.488 e. The molecule has 1 N–H and O–H groups in total. The summed E-state index contributed by atoms with van der Waals surface area (Å²) >= 11 is 0. The van der Waals surface area contributed by atoms with Crippen LogP contribution in [0.15, 0.2) is 54.6 Å². The van der Waals surface area contributed by atoms with Crippen molar-refractivity contribution in [2.45, 2.75) is 50.8 Å². The van der Waals surface area contributed by atoms with Gasteiger partial charge in [0.05, 0.1) is 35.9 Å². The molecule has 6 rings (SSSR count). The second-order valence-corrected chi connectivity index (χ2v) is 11.5. The van der Waals surface area contributed by atoms with Crippen LogP contribution in [0.3, 0.4) is 0 Å². The molecule has 2 atom stereocenters. The summed E-state index contributed by atoms with van der Waals surface area (Å²) in [6, 6.07) is 17.6. The van der Waals surface area contributed by atoms with Crippen LogP contribution in [0.5, 0.6) is 5.75 Å². The van der Waals surface area contributed by atoms with Crippen LogP contribution in [0, 0.1) is 40.2 Å². The van der Waals surface area contributed by atoms with Crippen molar-refractivity contribution in [3.05, 3.63) is 94.0 Å². The van der Waals surface area contributed by atoms with Crippen LogP contribution >= 0.6 is 0 Å². The van der Waals surface area contributed by atoms with Gasteiger partial charge in [-0.25, -0.2) is 8.78 Å². The first-order chi connectivity index (χ1) is 21.8. The Bertz CT molecular complexity index is 1770. The smallest absolute Gasteiger partial charge is 0.255 e. The third-order valence-corrected chi connectivity index (χ3v) is 8.93. The van der Waals surface area contributed by atoms with E-state index in [1.165, 1.54) is 17.0 Å². The second kappa shape index (κ2) is 12.4. The number of fused-ring (bicyclic) bond motifs is 1. The van der Waals surface area contributed by atoms with Crippen molar-refractivity contribution < 1.29 is 27.9 Å². The van der Waals surface area contributed by atoms with Crippen molar-refractivity contribution in [3.8, 4) is 17.9 Å². The molecule has 11 heteroatoms. The zero-order valence-electron chi connectivity index (χ0n) is 24.3. The number of imide groups is 1. The lowest BCUT2D eigenvalue weighted by Gasteiger charge is -2.35. The highest BCUT2D eigenvalue weighted by Gasteiger charge is 2.40. The third kappa shape index (κ3) is 5.82. The normalized spacial score (nSPS) is 19.0. The molecule has 0 aromatic heterocycles. The molecule has 0 bridgehead atoms. The van der Waals surface area contributed by atoms with Crippen LogP contribution < -0.4 is 15.0 Å². The molecule has 0 spiro atoms. The van der Waals surface area contributed by atoms with Crippen LogP contribution in [0.1, 0.15) is 64.2 Å². The van der Waals surface area contributed by atoms with Crippen molar-refractivity contribution in [2.75, 3.05) is 18.0 Å². The minimum atomic E-state index is -0.752. The fraction of sp³-hybridized carbons (Fsp3) is 0.324. The van der Waals surface area contributed by atoms with Crippen molar-refractivity contribution in [3.63, 3.8) is 0 Å². The Hall–Kier alpha value is -5.29. The molecule has 2 saturated heterocycles. The summed E-state index contributed by atoms with van der Waals surface area (Å²) in [6.07, 6.45) is 1.64. The fourth-order valence-corrected chi connectivity index (χ4v) is 6.48. The first-order valence-corrected chi connectivity index (χ1v) is 14.8. The maximum Gasteiger partial charge on any atom is 0.255 e. The molecule has 0 saturated carbocycles. The third-order valence-electron chi connectivity index (χ3n) is 8.93. The van der Waals surface area contributed by atoms with E-state index in [1.54, 1.807) is 42.5 Å². The zero-order chi connectivity index (χ0) is 31.7. The average Bonchev–Trinajstić information content (AvgIpc) is 3.37. The number of hydrogen-bond acceptors (Lipinski definition) is 7. The number of amides is 3. The number of carbonyl (C=O) groups excluding carboxylic acids is 3. The van der Waals surface area contributed by atoms with E-state index in [-0.39, 0.29) is 54.9 Å². The summed E-state index contributed by atoms with van der Waals surface area (Å²) < 4.78 is 35.8. The average molecular weight is 610 g/mol. The Morgan fingerprint density at radius 1 is 0.978 bits per heavy atom. The van der Waals surface area contributed by atoms with E-state index in [0.717, 1.165) is 0 Å². The van der Waals surface area contributed by atoms with E-state index in [2.05, 4.69) is 11.4 Å². The van der Waals surface area contributed by atoms with Crippen LogP contribution in [-0.4, -0.2) is 41.8 Å². The number of nitrogens with zero attached hydrogens (tertiary/aromatic N) is 4. The van der Waals surface area contributed by atoms with Gasteiger partial charge in [0.2, 0.25) is 11.8 Å². The van der Waals surface area contributed by atoms with Crippen molar-refractivity contribution in [1.29, 1.82) is 10.5 Å². The molecule has 3 aliphatic rings. The first-order valence-electron chi connectivity index (χ1n) is 14.8. The summed E-state index contributed by atoms with van der Waals surface area (Å²) in [4.78, 5) is 40.4. The topological polar surface area (TPSA) is 127 Å². The van der Waals surface area contributed by atoms with Crippen molar-refractivity contribution >= 4 is 23.4 Å². The maximum atomic E-state index is 15.3. The lowest BCUT2D eigenvalue weighted by Crippen LogP contribution is -2.52. The van der Waals surface area contributed by atoms with E-state index in [1.807, 2.05) is 11.0 Å². The second-order valence-electron chi connectivity index (χ2n) is 11.5. The van der Waals surface area contributed by atoms with Gasteiger partial charge in [-0.1, -0.05) is 18.2 Å². The van der Waals surface area contributed by atoms with Gasteiger partial charge < -0.3 is 14.5 Å². The fourth-order valence-electron chi connectivity index (χ4n) is 6.48. The van der Waals surface area contributed by atoms with E-state index in [9.17, 15) is 24.0 Å². The van der Waals surface area contributed by atoms with Gasteiger partial charge in [0.25, 0.3) is 5.91 Å². The number of anilines is 1. The number of rotatable bonds is 7. The lowest BCUT2D eigenvalue weighted by atomic mass is 9.80. The van der Waals surface area contributed by atoms with Gasteiger partial charge in [0.1, 0.15) is 30.0 Å². The van der Waals surface area contributed by atoms with Crippen LogP contribution in [0.25, 0.3) is 0 Å². The monoisotopic (exact) mass is 609 g/mol. The van der Waals surface area contributed by atoms with Crippen molar-refractivity contribution in [2.24, 2.45) is 5.92 Å². The van der Waals surface area contributed by atoms with E-state index < -0.39 is 29.5 Å². The molecule has 2 fully saturated rings. The number of nitriles is 2. The van der Waals surface area contributed by atoms with E-state index in [0.29, 0.717) is 54.1 Å². The molecular formula is C34H29F2N5O4. The van der Waals surface area contributed by atoms with Crippen molar-refractivity contribution in [1.82, 2.24) is 10.2 Å². The largest absolute Gasteiger partial charge is 0.488 e. The SMILES string of the molecule is N#Cc1ccc(N2CCC(C(C#N)c3ccc(COc4cccc5c4CN([C@H]4CCC(=O)NC4=O)C5=O)c(F)c3)CC2)c(F)c1. The standard InChI is InChI=1S/C34H29F2N5O4/c35-27-15-22(25(17-38)21-10-12-40(13-11-21)29-7-4-20(16-37)14-28(29)36)5-6-23(27)19-45-31-3-1-2-24-26(31)18-41(34(24)44)30-8-9-32(42)39-33(30)43/h1-7,14-15,21,25,30H,8-13,18-19H2,(H,39,42,43)/t25?,30-/m0/s1. The predicted molar refractivity (Wildman–Crippen MR) is 158 cm³/mol. The summed E-state index contributed by atoms with van der Waals surface area (Å²) in [5, 5.41) is 21.3. The molecular weight excluding hydrogens is 580 g/mol. The zero-order valence-corrected chi connectivity index (χ0v) is 24.3. The number of piperidine rings is 2. The Kier molecular flexibility index (Phi) is 8.18. The van der Waals surface area contributed by atoms with E-state index in [4.69, 9.17) is 10.00 Å². The molecule has 228 valence electrons. The lowest BCUT2D eigenvalue weighted by molar-refractivity contribution is -0.136. The molecule has 3 aromatic carbocycles. The predicted octanol–water partition coefficient (Wildman–Crippen LogP) is 4.70. The van der Waals surface area contributed by atoms with Crippen LogP contribution in [0.4, 0.5) is 14.5 Å². The van der Waals surface area contributed by atoms with E-state index >= 15 is 4.39 Å². The van der Waals surface area contributed by atoms with Gasteiger partial charge in [-0.2, -0.15) is 10.5 Å². The molecule has 3 heterocycles. The highest BCUT2D eigenvalue weighted by atomic mass is 19.1. The van der Waals surface area contributed by atoms with Gasteiger partial charge in [0, 0.05) is 36.2 Å². The molecule has 3 aromatic rings. The summed E-state index contributed by atoms with van der Waals surface area (Å²) in [5.74, 6) is -2.33. The van der Waals surface area contributed by atoms with Gasteiger partial charge in [-0.15, -0.1) is 0 Å². The van der Waals surface area contributed by atoms with Gasteiger partial charge in [-0.3, -0.25) is 19.7 Å². The van der Waals surface area contributed by atoms with Gasteiger partial charge in [-0.05, 0) is 67.1 Å². The Morgan fingerprint density at radius 3 is 2.47 bits per heavy atom. The molecule has 3 aliphatic heterocycles. The Labute approximate surface area is 258 Å². The van der Waals surface area contributed by atoms with Crippen LogP contribution in [-0.2, 0) is 22.7 Å². The maximum absolute atomic E-state index is 15.3. The summed E-state index contributed by atoms with van der Waals surface area (Å²) in [6.45, 7) is 1.09. The number of halogens is 2. The number of benzene rings is 3. The number of nitrogens with one attached hydrogen (secondary N) is 1. The molecule has 0 aliphatic carbocycles. The number of carbonyl (C=O) groups is 3. The molecule has 3 amide bonds. The summed E-state index contributed by atoms with van der Waals surface area (Å²) in [5.41, 5.74) is 2.52. The highest BCUT2D eigenvalue weighted by Crippen LogP contribution is 2.36. The molecule has 0 radical (unpaired) electrons. The number of hydrogen-bond donors (Lipinski definition) is 1. The Morgan fingerprint density at radius 2 is 1.78 bits per heavy atom. The molecule has 9 nitrogen and oxygen atoms in total. The first kappa shape index (κ1) is 29.8. The Balaban J connectivity index is 1.10. The quantitative estimate of drug-likeness (QED) is 0.385. The van der Waals surface area contributed by atoms with Crippen LogP contribution in [0.2, 0.25) is 0 Å². The molecule has 45 heavy (non-hydrogen) atoms.